The number of aromatic nitrogens is 2. The van der Waals surface area contributed by atoms with Crippen molar-refractivity contribution < 1.29 is 14.0 Å². The van der Waals surface area contributed by atoms with Crippen molar-refractivity contribution in [1.29, 1.82) is 0 Å². The molecule has 1 aromatic heterocycles. The topological polar surface area (TPSA) is 59.2 Å². The Morgan fingerprint density at radius 1 is 1.14 bits per heavy atom. The zero-order valence-electron chi connectivity index (χ0n) is 11.0. The van der Waals surface area contributed by atoms with Gasteiger partial charge in [0.2, 0.25) is 5.82 Å². The first-order chi connectivity index (χ1) is 10.0. The van der Waals surface area contributed by atoms with E-state index in [-0.39, 0.29) is 17.5 Å². The van der Waals surface area contributed by atoms with E-state index in [2.05, 4.69) is 10.1 Å². The number of nitrogens with zero attached hydrogens (tertiary/aromatic N) is 2. The summed E-state index contributed by atoms with van der Waals surface area (Å²) in [5.74, 6) is 0.416. The molecule has 0 bridgehead atoms. The van der Waals surface area contributed by atoms with Gasteiger partial charge in [-0.05, 0) is 59.3 Å². The molecule has 0 fully saturated rings. The summed E-state index contributed by atoms with van der Waals surface area (Å²) in [6.45, 7) is 1.69. The van der Waals surface area contributed by atoms with Crippen LogP contribution in [-0.4, -0.2) is 15.2 Å². The summed E-state index contributed by atoms with van der Waals surface area (Å²) in [6.07, 6.45) is 0. The second-order valence-corrected chi connectivity index (χ2v) is 5.72. The molecule has 6 heteroatoms. The Bertz CT molecular complexity index is 751. The van der Waals surface area contributed by atoms with Crippen LogP contribution in [-0.2, 0) is 0 Å². The first kappa shape index (κ1) is 14.0. The normalized spacial score (nSPS) is 10.8. The Morgan fingerprint density at radius 3 is 2.62 bits per heavy atom. The van der Waals surface area contributed by atoms with E-state index in [1.54, 1.807) is 37.3 Å². The lowest BCUT2D eigenvalue weighted by Crippen LogP contribution is -1.86. The maximum atomic E-state index is 13.6. The summed E-state index contributed by atoms with van der Waals surface area (Å²) in [4.78, 5) is 4.23. The molecule has 0 spiro atoms. The van der Waals surface area contributed by atoms with Crippen LogP contribution >= 0.6 is 22.6 Å². The van der Waals surface area contributed by atoms with E-state index < -0.39 is 0 Å². The monoisotopic (exact) mass is 396 g/mol. The molecule has 1 N–H and O–H groups in total. The predicted molar refractivity (Wildman–Crippen MR) is 84.2 cm³/mol. The van der Waals surface area contributed by atoms with Crippen molar-refractivity contribution in [2.45, 2.75) is 6.92 Å². The van der Waals surface area contributed by atoms with Crippen molar-refractivity contribution in [2.75, 3.05) is 0 Å². The van der Waals surface area contributed by atoms with Crippen molar-refractivity contribution in [3.8, 4) is 28.6 Å². The molecule has 1 heterocycles. The van der Waals surface area contributed by atoms with Crippen LogP contribution in [0.3, 0.4) is 0 Å². The number of halogens is 2. The molecule has 0 amide bonds. The van der Waals surface area contributed by atoms with Gasteiger partial charge in [-0.15, -0.1) is 0 Å². The van der Waals surface area contributed by atoms with Crippen LogP contribution in [0.5, 0.6) is 5.75 Å². The van der Waals surface area contributed by atoms with Crippen LogP contribution < -0.4 is 0 Å². The lowest BCUT2D eigenvalue weighted by atomic mass is 10.1. The standard InChI is InChI=1S/C15H10FIN2O2/c1-8-2-3-9(6-11(8)16)14-18-15(21-19-14)10-4-5-12(17)13(20)7-10/h2-7,20H,1H3. The van der Waals surface area contributed by atoms with Crippen molar-refractivity contribution in [2.24, 2.45) is 0 Å². The Kier molecular flexibility index (Phi) is 3.62. The number of aromatic hydroxyl groups is 1. The minimum atomic E-state index is -0.314. The molecule has 0 aliphatic carbocycles. The molecule has 21 heavy (non-hydrogen) atoms. The number of hydrogen-bond donors (Lipinski definition) is 1. The van der Waals surface area contributed by atoms with Crippen LogP contribution in [0.15, 0.2) is 40.9 Å². The van der Waals surface area contributed by atoms with Gasteiger partial charge in [0.15, 0.2) is 0 Å². The Morgan fingerprint density at radius 2 is 1.90 bits per heavy atom. The van der Waals surface area contributed by atoms with Gasteiger partial charge in [0.25, 0.3) is 5.89 Å². The van der Waals surface area contributed by atoms with Crippen molar-refractivity contribution in [3.05, 3.63) is 51.3 Å². The third-order valence-corrected chi connectivity index (χ3v) is 3.96. The molecule has 0 unspecified atom stereocenters. The van der Waals surface area contributed by atoms with Gasteiger partial charge in [0.05, 0.1) is 3.57 Å². The fraction of sp³-hybridized carbons (Fsp3) is 0.0667. The molecule has 0 radical (unpaired) electrons. The van der Waals surface area contributed by atoms with E-state index in [1.807, 2.05) is 22.6 Å². The Balaban J connectivity index is 1.99. The molecule has 0 aliphatic heterocycles. The summed E-state index contributed by atoms with van der Waals surface area (Å²) < 4.78 is 19.5. The summed E-state index contributed by atoms with van der Waals surface area (Å²) >= 11 is 2.02. The highest BCUT2D eigenvalue weighted by Crippen LogP contribution is 2.28. The first-order valence-corrected chi connectivity index (χ1v) is 7.21. The molecule has 3 aromatic rings. The molecular formula is C15H10FIN2O2. The van der Waals surface area contributed by atoms with Crippen molar-refractivity contribution >= 4 is 22.6 Å². The fourth-order valence-corrected chi connectivity index (χ4v) is 2.17. The lowest BCUT2D eigenvalue weighted by molar-refractivity contribution is 0.431. The van der Waals surface area contributed by atoms with Crippen molar-refractivity contribution in [3.63, 3.8) is 0 Å². The van der Waals surface area contributed by atoms with Gasteiger partial charge in [-0.1, -0.05) is 17.3 Å². The van der Waals surface area contributed by atoms with Crippen LogP contribution in [0, 0.1) is 16.3 Å². The number of benzene rings is 2. The van der Waals surface area contributed by atoms with Gasteiger partial charge in [0, 0.05) is 11.1 Å². The highest BCUT2D eigenvalue weighted by atomic mass is 127. The number of hydrogen-bond acceptors (Lipinski definition) is 4. The summed E-state index contributed by atoms with van der Waals surface area (Å²) in [5, 5.41) is 13.6. The number of rotatable bonds is 2. The van der Waals surface area contributed by atoms with Gasteiger partial charge < -0.3 is 9.63 Å². The second-order valence-electron chi connectivity index (χ2n) is 4.55. The molecule has 4 nitrogen and oxygen atoms in total. The quantitative estimate of drug-likeness (QED) is 0.661. The number of phenols is 1. The van der Waals surface area contributed by atoms with Crippen LogP contribution in [0.4, 0.5) is 4.39 Å². The van der Waals surface area contributed by atoms with Crippen LogP contribution in [0.2, 0.25) is 0 Å². The van der Waals surface area contributed by atoms with Gasteiger partial charge in [-0.2, -0.15) is 4.98 Å². The Labute approximate surface area is 133 Å². The van der Waals surface area contributed by atoms with E-state index in [9.17, 15) is 9.50 Å². The fourth-order valence-electron chi connectivity index (χ4n) is 1.84. The minimum Gasteiger partial charge on any atom is -0.507 e. The third-order valence-electron chi connectivity index (χ3n) is 3.05. The minimum absolute atomic E-state index is 0.147. The molecule has 0 saturated carbocycles. The largest absolute Gasteiger partial charge is 0.507 e. The van der Waals surface area contributed by atoms with E-state index in [1.165, 1.54) is 6.07 Å². The lowest BCUT2D eigenvalue weighted by Gasteiger charge is -1.99. The first-order valence-electron chi connectivity index (χ1n) is 6.14. The zero-order chi connectivity index (χ0) is 15.0. The van der Waals surface area contributed by atoms with Gasteiger partial charge in [0.1, 0.15) is 11.6 Å². The Hall–Kier alpha value is -1.96. The third kappa shape index (κ3) is 2.76. The van der Waals surface area contributed by atoms with Crippen LogP contribution in [0.1, 0.15) is 5.56 Å². The highest BCUT2D eigenvalue weighted by Gasteiger charge is 2.13. The predicted octanol–water partition coefficient (Wildman–Crippen LogP) is 4.16. The summed E-state index contributed by atoms with van der Waals surface area (Å²) in [5.41, 5.74) is 1.71. The summed E-state index contributed by atoms with van der Waals surface area (Å²) in [7, 11) is 0. The number of aryl methyl sites for hydroxylation is 1. The SMILES string of the molecule is Cc1ccc(-c2noc(-c3ccc(I)c(O)c3)n2)cc1F. The maximum absolute atomic E-state index is 13.6. The second kappa shape index (κ2) is 5.44. The van der Waals surface area contributed by atoms with E-state index in [0.29, 0.717) is 22.5 Å². The number of phenolic OH excluding ortho intramolecular Hbond substituents is 1. The van der Waals surface area contributed by atoms with E-state index in [0.717, 1.165) is 3.57 Å². The van der Waals surface area contributed by atoms with Gasteiger partial charge in [-0.25, -0.2) is 4.39 Å². The van der Waals surface area contributed by atoms with Gasteiger partial charge in [-0.3, -0.25) is 0 Å². The van der Waals surface area contributed by atoms with Crippen LogP contribution in [0.25, 0.3) is 22.8 Å². The van der Waals surface area contributed by atoms with Crippen molar-refractivity contribution in [1.82, 2.24) is 10.1 Å². The van der Waals surface area contributed by atoms with Gasteiger partial charge >= 0.3 is 0 Å². The molecule has 3 rings (SSSR count). The molecule has 106 valence electrons. The molecule has 0 saturated heterocycles. The van der Waals surface area contributed by atoms with E-state index >= 15 is 0 Å². The molecule has 2 aromatic carbocycles. The molecular weight excluding hydrogens is 386 g/mol. The average Bonchev–Trinajstić information content (AvgIpc) is 2.94. The molecule has 0 aliphatic rings. The highest BCUT2D eigenvalue weighted by molar-refractivity contribution is 14.1. The van der Waals surface area contributed by atoms with E-state index in [4.69, 9.17) is 4.52 Å². The summed E-state index contributed by atoms with van der Waals surface area (Å²) in [6, 6.07) is 9.84. The molecule has 0 atom stereocenters. The maximum Gasteiger partial charge on any atom is 0.258 e. The average molecular weight is 396 g/mol. The smallest absolute Gasteiger partial charge is 0.258 e. The zero-order valence-corrected chi connectivity index (χ0v) is 13.1.